The van der Waals surface area contributed by atoms with Crippen LogP contribution in [-0.4, -0.2) is 58.7 Å². The molecule has 3 aromatic rings. The molecule has 2 aromatic carbocycles. The van der Waals surface area contributed by atoms with Crippen molar-refractivity contribution in [2.24, 2.45) is 11.0 Å². The number of aromatic nitrogens is 2. The maximum Gasteiger partial charge on any atom is 0.129 e. The molecule has 3 aliphatic rings. The molecule has 7 heteroatoms. The Morgan fingerprint density at radius 3 is 2.67 bits per heavy atom. The Morgan fingerprint density at radius 1 is 1.06 bits per heavy atom. The molecule has 1 fully saturated rings. The molecule has 1 aromatic heterocycles. The topological polar surface area (TPSA) is 56.9 Å². The molecule has 0 radical (unpaired) electrons. The third-order valence-corrected chi connectivity index (χ3v) is 7.44. The molecular formula is C26H28FN5O. The highest BCUT2D eigenvalue weighted by atomic mass is 19.1. The van der Waals surface area contributed by atoms with E-state index in [2.05, 4.69) is 43.8 Å². The smallest absolute Gasteiger partial charge is 0.129 e. The van der Waals surface area contributed by atoms with Crippen LogP contribution in [0.15, 0.2) is 60.1 Å². The third kappa shape index (κ3) is 3.51. The van der Waals surface area contributed by atoms with Crippen molar-refractivity contribution in [3.8, 4) is 11.3 Å². The van der Waals surface area contributed by atoms with Crippen LogP contribution in [0.25, 0.3) is 11.3 Å². The van der Waals surface area contributed by atoms with Crippen LogP contribution in [0.5, 0.6) is 0 Å². The molecule has 0 saturated carbocycles. The van der Waals surface area contributed by atoms with Crippen LogP contribution in [0.2, 0.25) is 0 Å². The first-order valence-electron chi connectivity index (χ1n) is 11.8. The normalized spacial score (nSPS) is 22.1. The van der Waals surface area contributed by atoms with Gasteiger partial charge in [-0.2, -0.15) is 5.10 Å². The number of hydrazone groups is 1. The van der Waals surface area contributed by atoms with Crippen LogP contribution < -0.4 is 4.90 Å². The summed E-state index contributed by atoms with van der Waals surface area (Å²) in [5.74, 6) is 0.559. The van der Waals surface area contributed by atoms with Gasteiger partial charge in [-0.15, -0.1) is 0 Å². The van der Waals surface area contributed by atoms with Gasteiger partial charge in [0.05, 0.1) is 37.4 Å². The van der Waals surface area contributed by atoms with Crippen LogP contribution in [0, 0.1) is 11.7 Å². The molecule has 0 aliphatic carbocycles. The van der Waals surface area contributed by atoms with Crippen molar-refractivity contribution in [3.05, 3.63) is 71.9 Å². The van der Waals surface area contributed by atoms with Crippen molar-refractivity contribution < 1.29 is 9.50 Å². The van der Waals surface area contributed by atoms with Crippen molar-refractivity contribution in [1.82, 2.24) is 14.6 Å². The number of anilines is 1. The molecule has 3 aliphatic heterocycles. The third-order valence-electron chi connectivity index (χ3n) is 7.44. The average molecular weight is 446 g/mol. The van der Waals surface area contributed by atoms with Crippen LogP contribution >= 0.6 is 0 Å². The van der Waals surface area contributed by atoms with Gasteiger partial charge in [-0.3, -0.25) is 5.01 Å². The number of imidazole rings is 1. The Labute approximate surface area is 193 Å². The Kier molecular flexibility index (Phi) is 5.14. The molecule has 2 atom stereocenters. The summed E-state index contributed by atoms with van der Waals surface area (Å²) < 4.78 is 17.0. The largest absolute Gasteiger partial charge is 0.394 e. The van der Waals surface area contributed by atoms with Crippen molar-refractivity contribution in [1.29, 1.82) is 0 Å². The van der Waals surface area contributed by atoms with E-state index in [0.29, 0.717) is 12.5 Å². The van der Waals surface area contributed by atoms with Crippen molar-refractivity contribution >= 4 is 11.9 Å². The number of hydrogen-bond acceptors (Lipinski definition) is 5. The summed E-state index contributed by atoms with van der Waals surface area (Å²) in [5.41, 5.74) is 5.35. The lowest BCUT2D eigenvalue weighted by molar-refractivity contribution is 0.210. The van der Waals surface area contributed by atoms with E-state index in [4.69, 9.17) is 5.11 Å². The van der Waals surface area contributed by atoms with Crippen molar-refractivity contribution in [2.75, 3.05) is 37.7 Å². The van der Waals surface area contributed by atoms with Crippen molar-refractivity contribution in [3.63, 3.8) is 0 Å². The van der Waals surface area contributed by atoms with E-state index >= 15 is 0 Å². The highest BCUT2D eigenvalue weighted by Gasteiger charge is 2.38. The lowest BCUT2D eigenvalue weighted by Crippen LogP contribution is -2.36. The Balaban J connectivity index is 1.14. The molecule has 4 heterocycles. The number of β-amino-alcohol motifs (C(OH)–C–C–N with tert-alkyl or cyclic N) is 1. The standard InChI is InChI=1S/C26H28FN5O/c27-23-3-1-2-22-24-15-28-17-32(24)26(25(22)23)19-8-10-30(11-9-19)21-6-4-18(5-7-21)20-14-29-31(16-20)12-13-33/h1-7,14-15,17,19-20,26,33H,8-13,16H2/t20?,26-/m0/s1. The van der Waals surface area contributed by atoms with Gasteiger partial charge in [0.15, 0.2) is 0 Å². The fourth-order valence-electron chi connectivity index (χ4n) is 5.76. The predicted octanol–water partition coefficient (Wildman–Crippen LogP) is 3.89. The van der Waals surface area contributed by atoms with E-state index in [1.165, 1.54) is 11.3 Å². The van der Waals surface area contributed by atoms with Gasteiger partial charge in [0.2, 0.25) is 0 Å². The molecule has 33 heavy (non-hydrogen) atoms. The van der Waals surface area contributed by atoms with E-state index in [1.54, 1.807) is 12.1 Å². The van der Waals surface area contributed by atoms with Gasteiger partial charge in [0.1, 0.15) is 5.82 Å². The summed E-state index contributed by atoms with van der Waals surface area (Å²) in [7, 11) is 0. The summed E-state index contributed by atoms with van der Waals surface area (Å²) in [6.07, 6.45) is 7.72. The Bertz CT molecular complexity index is 1170. The minimum absolute atomic E-state index is 0.0340. The molecule has 0 spiro atoms. The number of hydrogen-bond donors (Lipinski definition) is 1. The monoisotopic (exact) mass is 445 g/mol. The maximum atomic E-state index is 14.8. The van der Waals surface area contributed by atoms with E-state index in [9.17, 15) is 4.39 Å². The van der Waals surface area contributed by atoms with Gasteiger partial charge in [-0.25, -0.2) is 9.37 Å². The first-order valence-corrected chi connectivity index (χ1v) is 11.8. The minimum Gasteiger partial charge on any atom is -0.394 e. The molecule has 6 nitrogen and oxygen atoms in total. The molecule has 0 amide bonds. The number of rotatable bonds is 5. The lowest BCUT2D eigenvalue weighted by Gasteiger charge is -2.37. The minimum atomic E-state index is -0.104. The average Bonchev–Trinajstić information content (AvgIpc) is 3.57. The van der Waals surface area contributed by atoms with Gasteiger partial charge >= 0.3 is 0 Å². The molecule has 1 N–H and O–H groups in total. The van der Waals surface area contributed by atoms with Crippen LogP contribution in [-0.2, 0) is 0 Å². The molecular weight excluding hydrogens is 417 g/mol. The van der Waals surface area contributed by atoms with Gasteiger partial charge in [-0.05, 0) is 42.5 Å². The Hall–Kier alpha value is -3.19. The summed E-state index contributed by atoms with van der Waals surface area (Å²) in [5, 5.41) is 15.4. The number of fused-ring (bicyclic) bond motifs is 3. The van der Waals surface area contributed by atoms with Crippen molar-refractivity contribution in [2.45, 2.75) is 24.8 Å². The zero-order valence-corrected chi connectivity index (χ0v) is 18.5. The number of piperidine rings is 1. The van der Waals surface area contributed by atoms with E-state index in [0.717, 1.165) is 49.3 Å². The van der Waals surface area contributed by atoms with E-state index < -0.39 is 0 Å². The fourth-order valence-corrected chi connectivity index (χ4v) is 5.76. The number of halogens is 1. The van der Waals surface area contributed by atoms with Gasteiger partial charge in [0.25, 0.3) is 0 Å². The molecule has 1 saturated heterocycles. The summed E-state index contributed by atoms with van der Waals surface area (Å²) in [4.78, 5) is 6.78. The highest BCUT2D eigenvalue weighted by Crippen LogP contribution is 2.46. The Morgan fingerprint density at radius 2 is 1.88 bits per heavy atom. The second-order valence-corrected chi connectivity index (χ2v) is 9.26. The van der Waals surface area contributed by atoms with E-state index in [-0.39, 0.29) is 24.4 Å². The second kappa shape index (κ2) is 8.30. The summed E-state index contributed by atoms with van der Waals surface area (Å²) >= 11 is 0. The zero-order chi connectivity index (χ0) is 22.4. The SMILES string of the molecule is OCCN1CC(c2ccc(N3CCC([C@H]4c5c(F)cccc5-c5cncn54)CC3)cc2)C=N1. The zero-order valence-electron chi connectivity index (χ0n) is 18.5. The number of aliphatic hydroxyl groups excluding tert-OH is 1. The second-order valence-electron chi connectivity index (χ2n) is 9.26. The lowest BCUT2D eigenvalue weighted by atomic mass is 9.85. The number of nitrogens with zero attached hydrogens (tertiary/aromatic N) is 5. The van der Waals surface area contributed by atoms with Gasteiger partial charge < -0.3 is 14.6 Å². The number of aliphatic hydroxyl groups is 1. The van der Waals surface area contributed by atoms with Gasteiger partial charge in [0, 0.05) is 48.6 Å². The van der Waals surface area contributed by atoms with Crippen LogP contribution in [0.1, 0.15) is 35.9 Å². The first kappa shape index (κ1) is 20.4. The van der Waals surface area contributed by atoms with Crippen LogP contribution in [0.4, 0.5) is 10.1 Å². The summed E-state index contributed by atoms with van der Waals surface area (Å²) in [6, 6.07) is 14.2. The molecule has 1 unspecified atom stereocenters. The molecule has 6 rings (SSSR count). The number of benzene rings is 2. The summed E-state index contributed by atoms with van der Waals surface area (Å²) in [6.45, 7) is 3.45. The molecule has 170 valence electrons. The fraction of sp³-hybridized carbons (Fsp3) is 0.385. The highest BCUT2D eigenvalue weighted by molar-refractivity contribution is 5.71. The van der Waals surface area contributed by atoms with Crippen LogP contribution in [0.3, 0.4) is 0 Å². The van der Waals surface area contributed by atoms with Gasteiger partial charge in [-0.1, -0.05) is 24.3 Å². The quantitative estimate of drug-likeness (QED) is 0.648. The van der Waals surface area contributed by atoms with E-state index in [1.807, 2.05) is 29.8 Å². The first-order chi connectivity index (χ1) is 16.2. The molecule has 0 bridgehead atoms. The predicted molar refractivity (Wildman–Crippen MR) is 127 cm³/mol. The maximum absolute atomic E-state index is 14.8.